The van der Waals surface area contributed by atoms with E-state index in [1.54, 1.807) is 19.9 Å². The monoisotopic (exact) mass is 421 g/mol. The van der Waals surface area contributed by atoms with Gasteiger partial charge in [0.25, 0.3) is 5.91 Å². The number of nitrogens with one attached hydrogen (secondary N) is 1. The van der Waals surface area contributed by atoms with Crippen LogP contribution < -0.4 is 10.1 Å². The smallest absolute Gasteiger partial charge is 0.303 e. The molecule has 116 valence electrons. The van der Waals surface area contributed by atoms with Crippen LogP contribution in [-0.2, 0) is 9.59 Å². The van der Waals surface area contributed by atoms with Crippen LogP contribution in [0.4, 0.5) is 0 Å². The van der Waals surface area contributed by atoms with Crippen molar-refractivity contribution in [1.82, 2.24) is 5.32 Å². The van der Waals surface area contributed by atoms with Gasteiger partial charge in [0.05, 0.1) is 4.47 Å². The average Bonchev–Trinajstić information content (AvgIpc) is 2.35. The van der Waals surface area contributed by atoms with Gasteiger partial charge in [-0.15, -0.1) is 0 Å². The Morgan fingerprint density at radius 3 is 2.57 bits per heavy atom. The molecule has 0 aromatic heterocycles. The number of hydrogen-bond donors (Lipinski definition) is 2. The third kappa shape index (κ3) is 6.95. The summed E-state index contributed by atoms with van der Waals surface area (Å²) >= 11 is 6.68. The second-order valence-electron chi connectivity index (χ2n) is 5.19. The zero-order valence-corrected chi connectivity index (χ0v) is 15.0. The van der Waals surface area contributed by atoms with Gasteiger partial charge in [0.1, 0.15) is 5.75 Å². The number of carbonyl (C=O) groups is 2. The number of aliphatic carboxylic acids is 1. The first-order valence-corrected chi connectivity index (χ1v) is 7.89. The van der Waals surface area contributed by atoms with Crippen LogP contribution in [0.3, 0.4) is 0 Å². The maximum atomic E-state index is 11.8. The number of carboxylic acid groups (broad SMARTS) is 1. The van der Waals surface area contributed by atoms with Crippen molar-refractivity contribution in [3.63, 3.8) is 0 Å². The van der Waals surface area contributed by atoms with Gasteiger partial charge in [0.15, 0.2) is 6.61 Å². The Morgan fingerprint density at radius 1 is 1.33 bits per heavy atom. The standard InChI is InChI=1S/C14H17Br2NO4/c1-14(2,6-5-13(19)20)17-12(18)8-21-11-4-3-9(15)7-10(11)16/h3-4,7H,5-6,8H2,1-2H3,(H,17,18)(H,19,20). The lowest BCUT2D eigenvalue weighted by Crippen LogP contribution is -2.45. The van der Waals surface area contributed by atoms with Crippen LogP contribution in [0.5, 0.6) is 5.75 Å². The highest BCUT2D eigenvalue weighted by Crippen LogP contribution is 2.28. The van der Waals surface area contributed by atoms with Crippen LogP contribution in [0.15, 0.2) is 27.1 Å². The number of ether oxygens (including phenoxy) is 1. The van der Waals surface area contributed by atoms with Crippen molar-refractivity contribution >= 4 is 43.7 Å². The maximum Gasteiger partial charge on any atom is 0.303 e. The fourth-order valence-electron chi connectivity index (χ4n) is 1.63. The molecule has 0 saturated carbocycles. The molecule has 0 heterocycles. The summed E-state index contributed by atoms with van der Waals surface area (Å²) in [6.45, 7) is 3.43. The van der Waals surface area contributed by atoms with Crippen LogP contribution in [0.1, 0.15) is 26.7 Å². The van der Waals surface area contributed by atoms with Crippen LogP contribution in [0.2, 0.25) is 0 Å². The highest BCUT2D eigenvalue weighted by atomic mass is 79.9. The van der Waals surface area contributed by atoms with E-state index in [2.05, 4.69) is 37.2 Å². The molecule has 0 radical (unpaired) electrons. The third-order valence-electron chi connectivity index (χ3n) is 2.69. The van der Waals surface area contributed by atoms with Crippen molar-refractivity contribution in [3.05, 3.63) is 27.1 Å². The molecule has 5 nitrogen and oxygen atoms in total. The Hall–Kier alpha value is -1.08. The molecular formula is C14H17Br2NO4. The topological polar surface area (TPSA) is 75.6 Å². The fourth-order valence-corrected chi connectivity index (χ4v) is 2.79. The van der Waals surface area contributed by atoms with Gasteiger partial charge in [-0.25, -0.2) is 0 Å². The van der Waals surface area contributed by atoms with E-state index in [1.807, 2.05) is 12.1 Å². The zero-order chi connectivity index (χ0) is 16.0. The highest BCUT2D eigenvalue weighted by molar-refractivity contribution is 9.11. The number of carbonyl (C=O) groups excluding carboxylic acids is 1. The molecule has 0 unspecified atom stereocenters. The predicted octanol–water partition coefficient (Wildman–Crippen LogP) is 3.35. The molecule has 0 bridgehead atoms. The Kier molecular flexibility index (Phi) is 6.67. The van der Waals surface area contributed by atoms with Crippen molar-refractivity contribution in [2.75, 3.05) is 6.61 Å². The van der Waals surface area contributed by atoms with Gasteiger partial charge in [0, 0.05) is 16.4 Å². The average molecular weight is 423 g/mol. The first-order chi connectivity index (χ1) is 9.69. The lowest BCUT2D eigenvalue weighted by Gasteiger charge is -2.25. The molecule has 1 rings (SSSR count). The molecule has 0 spiro atoms. The highest BCUT2D eigenvalue weighted by Gasteiger charge is 2.21. The minimum atomic E-state index is -0.882. The summed E-state index contributed by atoms with van der Waals surface area (Å²) in [5.74, 6) is -0.607. The first-order valence-electron chi connectivity index (χ1n) is 6.30. The lowest BCUT2D eigenvalue weighted by molar-refractivity contribution is -0.138. The quantitative estimate of drug-likeness (QED) is 0.706. The van der Waals surface area contributed by atoms with E-state index in [-0.39, 0.29) is 18.9 Å². The number of benzene rings is 1. The Balaban J connectivity index is 2.48. The van der Waals surface area contributed by atoms with Gasteiger partial charge < -0.3 is 15.2 Å². The molecule has 1 aromatic rings. The van der Waals surface area contributed by atoms with E-state index < -0.39 is 11.5 Å². The largest absolute Gasteiger partial charge is 0.483 e. The normalized spacial score (nSPS) is 11.0. The number of carboxylic acids is 1. The van der Waals surface area contributed by atoms with E-state index in [9.17, 15) is 9.59 Å². The number of hydrogen-bond acceptors (Lipinski definition) is 3. The molecule has 0 fully saturated rings. The van der Waals surface area contributed by atoms with E-state index in [4.69, 9.17) is 9.84 Å². The first kappa shape index (κ1) is 18.0. The number of halogens is 2. The van der Waals surface area contributed by atoms with E-state index >= 15 is 0 Å². The Morgan fingerprint density at radius 2 is 2.00 bits per heavy atom. The molecule has 0 atom stereocenters. The summed E-state index contributed by atoms with van der Waals surface area (Å²) in [5, 5.41) is 11.4. The molecular weight excluding hydrogens is 406 g/mol. The summed E-state index contributed by atoms with van der Waals surface area (Å²) in [4.78, 5) is 22.4. The summed E-state index contributed by atoms with van der Waals surface area (Å²) in [6, 6.07) is 5.38. The molecule has 2 N–H and O–H groups in total. The van der Waals surface area contributed by atoms with E-state index in [0.717, 1.165) is 8.95 Å². The molecule has 0 aliphatic rings. The van der Waals surface area contributed by atoms with Crippen molar-refractivity contribution in [2.24, 2.45) is 0 Å². The number of rotatable bonds is 7. The third-order valence-corrected chi connectivity index (χ3v) is 3.81. The van der Waals surface area contributed by atoms with Gasteiger partial charge in [-0.3, -0.25) is 9.59 Å². The summed E-state index contributed by atoms with van der Waals surface area (Å²) in [7, 11) is 0. The molecule has 0 aliphatic carbocycles. The van der Waals surface area contributed by atoms with Gasteiger partial charge in [-0.05, 0) is 54.4 Å². The summed E-state index contributed by atoms with van der Waals surface area (Å²) in [5.41, 5.74) is -0.588. The number of amides is 1. The van der Waals surface area contributed by atoms with Crippen molar-refractivity contribution in [3.8, 4) is 5.75 Å². The van der Waals surface area contributed by atoms with Crippen LogP contribution >= 0.6 is 31.9 Å². The van der Waals surface area contributed by atoms with Gasteiger partial charge in [-0.2, -0.15) is 0 Å². The predicted molar refractivity (Wildman–Crippen MR) is 86.4 cm³/mol. The van der Waals surface area contributed by atoms with Gasteiger partial charge >= 0.3 is 5.97 Å². The van der Waals surface area contributed by atoms with E-state index in [1.165, 1.54) is 0 Å². The Labute approximate surface area is 140 Å². The van der Waals surface area contributed by atoms with Crippen LogP contribution in [0.25, 0.3) is 0 Å². The minimum Gasteiger partial charge on any atom is -0.483 e. The zero-order valence-electron chi connectivity index (χ0n) is 11.8. The maximum absolute atomic E-state index is 11.8. The summed E-state index contributed by atoms with van der Waals surface area (Å²) in [6.07, 6.45) is 0.364. The lowest BCUT2D eigenvalue weighted by atomic mass is 9.98. The van der Waals surface area contributed by atoms with Crippen LogP contribution in [0, 0.1) is 0 Å². The summed E-state index contributed by atoms with van der Waals surface area (Å²) < 4.78 is 7.08. The van der Waals surface area contributed by atoms with Gasteiger partial charge in [-0.1, -0.05) is 15.9 Å². The van der Waals surface area contributed by atoms with Crippen molar-refractivity contribution in [1.29, 1.82) is 0 Å². The van der Waals surface area contributed by atoms with Crippen molar-refractivity contribution < 1.29 is 19.4 Å². The van der Waals surface area contributed by atoms with E-state index in [0.29, 0.717) is 12.2 Å². The second kappa shape index (κ2) is 7.79. The minimum absolute atomic E-state index is 0.00635. The van der Waals surface area contributed by atoms with Gasteiger partial charge in [0.2, 0.25) is 0 Å². The molecule has 7 heteroatoms. The second-order valence-corrected chi connectivity index (χ2v) is 6.96. The molecule has 0 aliphatic heterocycles. The molecule has 21 heavy (non-hydrogen) atoms. The van der Waals surface area contributed by atoms with Crippen LogP contribution in [-0.4, -0.2) is 29.1 Å². The molecule has 1 amide bonds. The SMILES string of the molecule is CC(C)(CCC(=O)O)NC(=O)COc1ccc(Br)cc1Br. The Bertz CT molecular complexity index is 532. The fraction of sp³-hybridized carbons (Fsp3) is 0.429. The molecule has 0 saturated heterocycles. The van der Waals surface area contributed by atoms with Crippen molar-refractivity contribution in [2.45, 2.75) is 32.2 Å². The molecule has 1 aromatic carbocycles.